The summed E-state index contributed by atoms with van der Waals surface area (Å²) >= 11 is 2.82. The molecule has 0 radical (unpaired) electrons. The number of rotatable bonds is 17. The van der Waals surface area contributed by atoms with Gasteiger partial charge in [0.05, 0.1) is 18.9 Å². The van der Waals surface area contributed by atoms with Crippen LogP contribution < -0.4 is 33.2 Å². The van der Waals surface area contributed by atoms with Gasteiger partial charge in [0.2, 0.25) is 29.5 Å². The van der Waals surface area contributed by atoms with E-state index in [0.717, 1.165) is 0 Å². The molecule has 0 spiro atoms. The van der Waals surface area contributed by atoms with E-state index in [1.165, 1.54) is 23.5 Å². The molecular formula is C18H32N6O7S2. The minimum absolute atomic E-state index is 0.159. The number of aliphatic carboxylic acids is 1. The van der Waals surface area contributed by atoms with Crippen LogP contribution in [-0.4, -0.2) is 88.8 Å². The lowest BCUT2D eigenvalue weighted by Crippen LogP contribution is -2.57. The number of amides is 5. The quantitative estimate of drug-likeness (QED) is 0.106. The van der Waals surface area contributed by atoms with Gasteiger partial charge in [-0.25, -0.2) is 4.79 Å². The highest BCUT2D eigenvalue weighted by Gasteiger charge is 2.30. The molecule has 0 saturated carbocycles. The average molecular weight is 509 g/mol. The van der Waals surface area contributed by atoms with Crippen molar-refractivity contribution in [3.8, 4) is 0 Å². The Balaban J connectivity index is 5.44. The van der Waals surface area contributed by atoms with Crippen LogP contribution in [0, 0.1) is 0 Å². The lowest BCUT2D eigenvalue weighted by atomic mass is 10.1. The first kappa shape index (κ1) is 30.5. The van der Waals surface area contributed by atoms with Crippen LogP contribution in [-0.2, 0) is 28.8 Å². The van der Waals surface area contributed by atoms with Gasteiger partial charge in [-0.2, -0.15) is 23.5 Å². The topological polar surface area (TPSA) is 237 Å². The van der Waals surface area contributed by atoms with E-state index in [-0.39, 0.29) is 12.8 Å². The monoisotopic (exact) mass is 508 g/mol. The van der Waals surface area contributed by atoms with Crippen LogP contribution in [0.4, 0.5) is 0 Å². The number of hydrogen-bond donors (Lipinski definition) is 7. The van der Waals surface area contributed by atoms with E-state index in [1.54, 1.807) is 12.5 Å². The standard InChI is InChI=1S/C18H32N6O7S2/c1-32-5-3-10(22-15(27)9(19)7-13(20)25)16(28)23-11(4-6-33-2)17(29)24-12(18(30)31)8-14(21)26/h9-12H,3-8,19H2,1-2H3,(H2,20,25)(H2,21,26)(H,22,27)(H,23,28)(H,24,29)(H,30,31). The van der Waals surface area contributed by atoms with Crippen LogP contribution >= 0.6 is 23.5 Å². The molecule has 0 aliphatic carbocycles. The molecule has 5 amide bonds. The molecule has 0 rings (SSSR count). The van der Waals surface area contributed by atoms with Crippen molar-refractivity contribution in [2.24, 2.45) is 17.2 Å². The molecule has 0 aromatic carbocycles. The predicted octanol–water partition coefficient (Wildman–Crippen LogP) is -2.89. The van der Waals surface area contributed by atoms with E-state index in [1.807, 2.05) is 0 Å². The van der Waals surface area contributed by atoms with Gasteiger partial charge in [-0.3, -0.25) is 24.0 Å². The number of nitrogens with two attached hydrogens (primary N) is 3. The summed E-state index contributed by atoms with van der Waals surface area (Å²) in [7, 11) is 0. The van der Waals surface area contributed by atoms with Gasteiger partial charge >= 0.3 is 5.97 Å². The lowest BCUT2D eigenvalue weighted by molar-refractivity contribution is -0.143. The number of hydrogen-bond acceptors (Lipinski definition) is 9. The van der Waals surface area contributed by atoms with Gasteiger partial charge in [-0.15, -0.1) is 0 Å². The van der Waals surface area contributed by atoms with Crippen LogP contribution in [0.2, 0.25) is 0 Å². The first-order valence-electron chi connectivity index (χ1n) is 9.86. The third-order valence-electron chi connectivity index (χ3n) is 4.27. The minimum atomic E-state index is -1.55. The van der Waals surface area contributed by atoms with E-state index in [4.69, 9.17) is 17.2 Å². The van der Waals surface area contributed by atoms with Crippen LogP contribution in [0.15, 0.2) is 0 Å². The molecule has 15 heteroatoms. The summed E-state index contributed by atoms with van der Waals surface area (Å²) < 4.78 is 0. The number of nitrogens with one attached hydrogen (secondary N) is 3. The number of carboxylic acids is 1. The van der Waals surface area contributed by atoms with Crippen molar-refractivity contribution in [3.63, 3.8) is 0 Å². The van der Waals surface area contributed by atoms with Gasteiger partial charge in [-0.05, 0) is 36.9 Å². The second-order valence-electron chi connectivity index (χ2n) is 7.03. The van der Waals surface area contributed by atoms with E-state index >= 15 is 0 Å². The molecule has 0 aliphatic rings. The van der Waals surface area contributed by atoms with Crippen molar-refractivity contribution in [1.29, 1.82) is 0 Å². The normalized spacial score (nSPS) is 14.3. The largest absolute Gasteiger partial charge is 0.480 e. The van der Waals surface area contributed by atoms with Crippen molar-refractivity contribution in [1.82, 2.24) is 16.0 Å². The fourth-order valence-corrected chi connectivity index (χ4v) is 3.49. The second-order valence-corrected chi connectivity index (χ2v) is 9.00. The Labute approximate surface area is 200 Å². The summed E-state index contributed by atoms with van der Waals surface area (Å²) in [5.74, 6) is -4.46. The van der Waals surface area contributed by atoms with Crippen LogP contribution in [0.1, 0.15) is 25.7 Å². The summed E-state index contributed by atoms with van der Waals surface area (Å²) in [6, 6.07) is -4.99. The summed E-state index contributed by atoms with van der Waals surface area (Å²) in [6.07, 6.45) is 2.93. The first-order chi connectivity index (χ1) is 15.4. The summed E-state index contributed by atoms with van der Waals surface area (Å²) in [6.45, 7) is 0. The molecule has 188 valence electrons. The van der Waals surface area contributed by atoms with Crippen molar-refractivity contribution in [2.75, 3.05) is 24.0 Å². The number of carbonyl (C=O) groups excluding carboxylic acids is 5. The Morgan fingerprint density at radius 1 is 0.727 bits per heavy atom. The van der Waals surface area contributed by atoms with E-state index < -0.39 is 72.5 Å². The molecule has 10 N–H and O–H groups in total. The van der Waals surface area contributed by atoms with Gasteiger partial charge in [0.1, 0.15) is 18.1 Å². The number of primary amides is 2. The molecule has 33 heavy (non-hydrogen) atoms. The molecule has 0 aromatic rings. The highest BCUT2D eigenvalue weighted by atomic mass is 32.2. The van der Waals surface area contributed by atoms with Crippen molar-refractivity contribution in [2.45, 2.75) is 49.9 Å². The summed E-state index contributed by atoms with van der Waals surface area (Å²) in [5.41, 5.74) is 15.7. The molecular weight excluding hydrogens is 476 g/mol. The zero-order chi connectivity index (χ0) is 25.6. The maximum absolute atomic E-state index is 12.9. The maximum atomic E-state index is 12.9. The Kier molecular flexibility index (Phi) is 14.9. The maximum Gasteiger partial charge on any atom is 0.326 e. The van der Waals surface area contributed by atoms with Crippen molar-refractivity contribution < 1.29 is 33.9 Å². The van der Waals surface area contributed by atoms with Gasteiger partial charge in [-0.1, -0.05) is 0 Å². The Hall–Kier alpha value is -2.52. The van der Waals surface area contributed by atoms with E-state index in [9.17, 15) is 33.9 Å². The average Bonchev–Trinajstić information content (AvgIpc) is 2.72. The molecule has 13 nitrogen and oxygen atoms in total. The third kappa shape index (κ3) is 12.9. The molecule has 4 unspecified atom stereocenters. The fourth-order valence-electron chi connectivity index (χ4n) is 2.54. The zero-order valence-electron chi connectivity index (χ0n) is 18.5. The van der Waals surface area contributed by atoms with Crippen molar-refractivity contribution >= 4 is 59.0 Å². The number of thioether (sulfide) groups is 2. The van der Waals surface area contributed by atoms with Crippen LogP contribution in [0.3, 0.4) is 0 Å². The predicted molar refractivity (Wildman–Crippen MR) is 125 cm³/mol. The molecule has 0 saturated heterocycles. The van der Waals surface area contributed by atoms with Crippen LogP contribution in [0.5, 0.6) is 0 Å². The molecule has 0 heterocycles. The summed E-state index contributed by atoms with van der Waals surface area (Å²) in [4.78, 5) is 71.1. The summed E-state index contributed by atoms with van der Waals surface area (Å²) in [5, 5.41) is 16.4. The number of carboxylic acid groups (broad SMARTS) is 1. The first-order valence-corrected chi connectivity index (χ1v) is 12.7. The lowest BCUT2D eigenvalue weighted by Gasteiger charge is -2.25. The second kappa shape index (κ2) is 16.1. The Bertz CT molecular complexity index is 724. The minimum Gasteiger partial charge on any atom is -0.480 e. The highest BCUT2D eigenvalue weighted by molar-refractivity contribution is 7.98. The Morgan fingerprint density at radius 3 is 1.48 bits per heavy atom. The van der Waals surface area contributed by atoms with Gasteiger partial charge in [0.25, 0.3) is 0 Å². The third-order valence-corrected chi connectivity index (χ3v) is 5.55. The molecule has 4 atom stereocenters. The molecule has 0 aromatic heterocycles. The van der Waals surface area contributed by atoms with E-state index in [0.29, 0.717) is 11.5 Å². The van der Waals surface area contributed by atoms with Gasteiger partial charge in [0.15, 0.2) is 0 Å². The highest BCUT2D eigenvalue weighted by Crippen LogP contribution is 2.06. The molecule has 0 fully saturated rings. The van der Waals surface area contributed by atoms with E-state index in [2.05, 4.69) is 16.0 Å². The van der Waals surface area contributed by atoms with Crippen LogP contribution in [0.25, 0.3) is 0 Å². The van der Waals surface area contributed by atoms with Gasteiger partial charge in [0, 0.05) is 0 Å². The zero-order valence-corrected chi connectivity index (χ0v) is 20.1. The smallest absolute Gasteiger partial charge is 0.326 e. The molecule has 0 aliphatic heterocycles. The fraction of sp³-hybridized carbons (Fsp3) is 0.667. The van der Waals surface area contributed by atoms with Gasteiger partial charge < -0.3 is 38.3 Å². The number of carbonyl (C=O) groups is 6. The molecule has 0 bridgehead atoms. The SMILES string of the molecule is CSCCC(NC(=O)C(N)CC(N)=O)C(=O)NC(CCSC)C(=O)NC(CC(N)=O)C(=O)O. The Morgan fingerprint density at radius 2 is 1.12 bits per heavy atom. The van der Waals surface area contributed by atoms with Crippen molar-refractivity contribution in [3.05, 3.63) is 0 Å².